The molecule has 1 aromatic carbocycles. The molecule has 0 aliphatic carbocycles. The smallest absolute Gasteiger partial charge is 0.338 e. The van der Waals surface area contributed by atoms with E-state index < -0.39 is 23.9 Å². The molecule has 1 aromatic rings. The highest BCUT2D eigenvalue weighted by atomic mass is 35.5. The van der Waals surface area contributed by atoms with Gasteiger partial charge >= 0.3 is 11.9 Å². The molecule has 0 aromatic heterocycles. The van der Waals surface area contributed by atoms with Crippen molar-refractivity contribution >= 4 is 29.4 Å². The van der Waals surface area contributed by atoms with Gasteiger partial charge in [-0.2, -0.15) is 0 Å². The number of carboxylic acid groups (broad SMARTS) is 1. The van der Waals surface area contributed by atoms with Crippen LogP contribution in [-0.4, -0.2) is 35.1 Å². The maximum absolute atomic E-state index is 12.4. The Morgan fingerprint density at radius 1 is 1.42 bits per heavy atom. The fraction of sp³-hybridized carbons (Fsp3) is 0.471. The monoisotopic (exact) mass is 353 g/mol. The lowest BCUT2D eigenvalue weighted by Gasteiger charge is -2.23. The van der Waals surface area contributed by atoms with Crippen LogP contribution in [0, 0.1) is 5.92 Å². The minimum absolute atomic E-state index is 0.106. The van der Waals surface area contributed by atoms with Gasteiger partial charge in [0, 0.05) is 17.0 Å². The molecule has 6 nitrogen and oxygen atoms in total. The van der Waals surface area contributed by atoms with Gasteiger partial charge in [-0.25, -0.2) is 9.59 Å². The van der Waals surface area contributed by atoms with Crippen molar-refractivity contribution in [1.82, 2.24) is 5.32 Å². The largest absolute Gasteiger partial charge is 0.480 e. The van der Waals surface area contributed by atoms with E-state index in [1.165, 1.54) is 12.1 Å². The Morgan fingerprint density at radius 3 is 2.67 bits per heavy atom. The maximum Gasteiger partial charge on any atom is 0.338 e. The van der Waals surface area contributed by atoms with Crippen LogP contribution in [0.5, 0.6) is 0 Å². The molecule has 0 bridgehead atoms. The van der Waals surface area contributed by atoms with E-state index in [1.807, 2.05) is 13.8 Å². The third-order valence-electron chi connectivity index (χ3n) is 3.79. The van der Waals surface area contributed by atoms with Crippen molar-refractivity contribution in [3.63, 3.8) is 0 Å². The van der Waals surface area contributed by atoms with Crippen LogP contribution < -0.4 is 5.32 Å². The fourth-order valence-corrected chi connectivity index (χ4v) is 2.96. The molecule has 1 heterocycles. The van der Waals surface area contributed by atoms with Crippen molar-refractivity contribution in [3.8, 4) is 0 Å². The average Bonchev–Trinajstić information content (AvgIpc) is 2.46. The Labute approximate surface area is 145 Å². The van der Waals surface area contributed by atoms with E-state index in [2.05, 4.69) is 5.32 Å². The summed E-state index contributed by atoms with van der Waals surface area (Å²) in [6, 6.07) is 1.85. The molecule has 24 heavy (non-hydrogen) atoms. The van der Waals surface area contributed by atoms with Gasteiger partial charge in [0.15, 0.2) is 0 Å². The summed E-state index contributed by atoms with van der Waals surface area (Å²) in [5, 5.41) is 12.0. The minimum Gasteiger partial charge on any atom is -0.480 e. The highest BCUT2D eigenvalue weighted by Gasteiger charge is 2.28. The Balaban J connectivity index is 2.27. The van der Waals surface area contributed by atoms with E-state index in [0.717, 1.165) is 0 Å². The van der Waals surface area contributed by atoms with Gasteiger partial charge in [-0.15, -0.1) is 0 Å². The number of aliphatic carboxylic acids is 1. The number of halogens is 1. The number of esters is 1. The summed E-state index contributed by atoms with van der Waals surface area (Å²) >= 11 is 6.20. The average molecular weight is 354 g/mol. The van der Waals surface area contributed by atoms with Gasteiger partial charge in [0.25, 0.3) is 5.91 Å². The Bertz CT molecular complexity index is 686. The molecule has 7 heteroatoms. The first-order valence-corrected chi connectivity index (χ1v) is 8.14. The molecule has 2 N–H and O–H groups in total. The molecule has 1 aliphatic rings. The summed E-state index contributed by atoms with van der Waals surface area (Å²) in [6.45, 7) is 5.51. The number of rotatable bonds is 5. The Kier molecular flexibility index (Phi) is 5.49. The Hall–Kier alpha value is -2.08. The van der Waals surface area contributed by atoms with Crippen molar-refractivity contribution < 1.29 is 24.2 Å². The number of amides is 1. The summed E-state index contributed by atoms with van der Waals surface area (Å²) in [6.07, 6.45) is 0.510. The summed E-state index contributed by atoms with van der Waals surface area (Å²) in [4.78, 5) is 35.6. The summed E-state index contributed by atoms with van der Waals surface area (Å²) in [7, 11) is 0. The summed E-state index contributed by atoms with van der Waals surface area (Å²) in [5.74, 6) is -2.11. The first-order valence-electron chi connectivity index (χ1n) is 7.76. The summed E-state index contributed by atoms with van der Waals surface area (Å²) < 4.78 is 5.15. The molecule has 0 spiro atoms. The van der Waals surface area contributed by atoms with Crippen LogP contribution in [-0.2, 0) is 16.0 Å². The minimum atomic E-state index is -1.10. The Morgan fingerprint density at radius 2 is 2.08 bits per heavy atom. The van der Waals surface area contributed by atoms with E-state index in [9.17, 15) is 19.5 Å². The highest BCUT2D eigenvalue weighted by Crippen LogP contribution is 2.29. The second kappa shape index (κ2) is 7.21. The standard InChI is InChI=1S/C17H20ClNO5/c1-8(2)4-14(16(21)22)19-15(20)10-6-12-11(13(18)7-10)5-9(3)24-17(12)23/h6-9,14H,4-5H2,1-3H3,(H,19,20)(H,21,22)/t9?,14-/m0/s1. The molecule has 2 rings (SSSR count). The van der Waals surface area contributed by atoms with Crippen LogP contribution in [0.15, 0.2) is 12.1 Å². The molecule has 2 atom stereocenters. The zero-order chi connectivity index (χ0) is 18.0. The van der Waals surface area contributed by atoms with Crippen LogP contribution >= 0.6 is 11.6 Å². The highest BCUT2D eigenvalue weighted by molar-refractivity contribution is 6.32. The zero-order valence-corrected chi connectivity index (χ0v) is 14.5. The molecule has 130 valence electrons. The van der Waals surface area contributed by atoms with Gasteiger partial charge in [-0.05, 0) is 37.0 Å². The van der Waals surface area contributed by atoms with E-state index in [0.29, 0.717) is 23.4 Å². The first-order chi connectivity index (χ1) is 11.2. The molecule has 0 saturated heterocycles. The van der Waals surface area contributed by atoms with Gasteiger partial charge in [0.1, 0.15) is 12.1 Å². The SMILES string of the molecule is CC(C)C[C@H](NC(=O)c1cc(Cl)c2c(c1)C(=O)OC(C)C2)C(=O)O. The maximum atomic E-state index is 12.4. The van der Waals surface area contributed by atoms with E-state index in [4.69, 9.17) is 16.3 Å². The van der Waals surface area contributed by atoms with Crippen molar-refractivity contribution in [2.75, 3.05) is 0 Å². The molecular weight excluding hydrogens is 334 g/mol. The van der Waals surface area contributed by atoms with Crippen molar-refractivity contribution in [2.45, 2.75) is 45.8 Å². The van der Waals surface area contributed by atoms with E-state index in [1.54, 1.807) is 6.92 Å². The third kappa shape index (κ3) is 4.06. The van der Waals surface area contributed by atoms with Crippen LogP contribution in [0.1, 0.15) is 53.5 Å². The second-order valence-electron chi connectivity index (χ2n) is 6.40. The lowest BCUT2D eigenvalue weighted by molar-refractivity contribution is -0.139. The van der Waals surface area contributed by atoms with Crippen LogP contribution in [0.2, 0.25) is 5.02 Å². The van der Waals surface area contributed by atoms with Gasteiger partial charge in [0.05, 0.1) is 5.56 Å². The zero-order valence-electron chi connectivity index (χ0n) is 13.8. The molecular formula is C17H20ClNO5. The first kappa shape index (κ1) is 18.3. The third-order valence-corrected chi connectivity index (χ3v) is 4.13. The number of benzene rings is 1. The molecule has 1 aliphatic heterocycles. The predicted octanol–water partition coefficient (Wildman–Crippen LogP) is 2.67. The van der Waals surface area contributed by atoms with Gasteiger partial charge in [-0.1, -0.05) is 25.4 Å². The predicted molar refractivity (Wildman–Crippen MR) is 88.4 cm³/mol. The normalized spacial score (nSPS) is 17.9. The van der Waals surface area contributed by atoms with Crippen LogP contribution in [0.4, 0.5) is 0 Å². The van der Waals surface area contributed by atoms with E-state index in [-0.39, 0.29) is 23.1 Å². The molecule has 0 radical (unpaired) electrons. The van der Waals surface area contributed by atoms with Crippen LogP contribution in [0.25, 0.3) is 0 Å². The number of cyclic esters (lactones) is 1. The number of nitrogens with one attached hydrogen (secondary N) is 1. The quantitative estimate of drug-likeness (QED) is 0.794. The van der Waals surface area contributed by atoms with Gasteiger partial charge < -0.3 is 15.2 Å². The fourth-order valence-electron chi connectivity index (χ4n) is 2.67. The van der Waals surface area contributed by atoms with Crippen molar-refractivity contribution in [3.05, 3.63) is 33.8 Å². The number of hydrogen-bond acceptors (Lipinski definition) is 4. The van der Waals surface area contributed by atoms with Crippen LogP contribution in [0.3, 0.4) is 0 Å². The topological polar surface area (TPSA) is 92.7 Å². The van der Waals surface area contributed by atoms with E-state index >= 15 is 0 Å². The number of carbonyl (C=O) groups is 3. The lowest BCUT2D eigenvalue weighted by Crippen LogP contribution is -2.41. The second-order valence-corrected chi connectivity index (χ2v) is 6.81. The van der Waals surface area contributed by atoms with Gasteiger partial charge in [0.2, 0.25) is 0 Å². The number of fused-ring (bicyclic) bond motifs is 1. The lowest BCUT2D eigenvalue weighted by atomic mass is 9.96. The molecule has 1 unspecified atom stereocenters. The molecule has 0 fully saturated rings. The number of carbonyl (C=O) groups excluding carboxylic acids is 2. The van der Waals surface area contributed by atoms with Gasteiger partial charge in [-0.3, -0.25) is 4.79 Å². The molecule has 1 amide bonds. The van der Waals surface area contributed by atoms with Crippen molar-refractivity contribution in [2.24, 2.45) is 5.92 Å². The summed E-state index contributed by atoms with van der Waals surface area (Å²) in [5.41, 5.74) is 1.04. The number of ether oxygens (including phenoxy) is 1. The van der Waals surface area contributed by atoms with Crippen molar-refractivity contribution in [1.29, 1.82) is 0 Å². The number of carboxylic acids is 1. The number of hydrogen-bond donors (Lipinski definition) is 2. The molecule has 0 saturated carbocycles.